The molecule has 2 aromatic carbocycles. The van der Waals surface area contributed by atoms with Crippen LogP contribution in [0.25, 0.3) is 0 Å². The standard InChI is InChI=1S/C27H27N7O2/c1-4-34-24(11-17(3)33-34)27(36)29-20-8-5-18(6-9-20)13-19-7-10-23-21(14-19)22(26(35)30-23)15-28-25-12-16(2)31-32-25/h5-12,14-15,22H,4,13H2,1-3H3,(H,29,36)(H,30,35)(H,31,32). The molecule has 4 aromatic rings. The van der Waals surface area contributed by atoms with Crippen molar-refractivity contribution in [3.8, 4) is 0 Å². The number of carbonyl (C=O) groups excluding carboxylic acids is 2. The zero-order valence-electron chi connectivity index (χ0n) is 20.4. The van der Waals surface area contributed by atoms with Crippen molar-refractivity contribution in [3.63, 3.8) is 0 Å². The van der Waals surface area contributed by atoms with E-state index < -0.39 is 5.92 Å². The highest BCUT2D eigenvalue weighted by atomic mass is 16.2. The molecule has 182 valence electrons. The van der Waals surface area contributed by atoms with Crippen LogP contribution < -0.4 is 10.6 Å². The summed E-state index contributed by atoms with van der Waals surface area (Å²) in [6, 6.07) is 17.4. The van der Waals surface area contributed by atoms with Gasteiger partial charge in [0.05, 0.1) is 5.69 Å². The molecule has 9 heteroatoms. The van der Waals surface area contributed by atoms with E-state index in [0.29, 0.717) is 24.5 Å². The lowest BCUT2D eigenvalue weighted by Crippen LogP contribution is -2.17. The van der Waals surface area contributed by atoms with Crippen LogP contribution in [0.3, 0.4) is 0 Å². The van der Waals surface area contributed by atoms with Gasteiger partial charge in [0, 0.05) is 35.9 Å². The van der Waals surface area contributed by atoms with Gasteiger partial charge in [-0.3, -0.25) is 19.4 Å². The minimum absolute atomic E-state index is 0.0992. The number of hydrogen-bond donors (Lipinski definition) is 3. The van der Waals surface area contributed by atoms with Gasteiger partial charge in [-0.25, -0.2) is 4.99 Å². The van der Waals surface area contributed by atoms with Crippen molar-refractivity contribution in [3.05, 3.63) is 88.4 Å². The molecule has 1 atom stereocenters. The summed E-state index contributed by atoms with van der Waals surface area (Å²) in [4.78, 5) is 29.6. The molecule has 0 radical (unpaired) electrons. The van der Waals surface area contributed by atoms with Crippen LogP contribution in [0.4, 0.5) is 17.2 Å². The molecule has 0 fully saturated rings. The lowest BCUT2D eigenvalue weighted by atomic mass is 9.96. The minimum Gasteiger partial charge on any atom is -0.325 e. The van der Waals surface area contributed by atoms with Crippen molar-refractivity contribution < 1.29 is 9.59 Å². The summed E-state index contributed by atoms with van der Waals surface area (Å²) in [6.45, 7) is 6.36. The Balaban J connectivity index is 1.28. The second-order valence-corrected chi connectivity index (χ2v) is 8.89. The molecule has 9 nitrogen and oxygen atoms in total. The Hall–Kier alpha value is -4.53. The van der Waals surface area contributed by atoms with Gasteiger partial charge in [-0.1, -0.05) is 24.3 Å². The van der Waals surface area contributed by atoms with Crippen molar-refractivity contribution in [1.82, 2.24) is 20.0 Å². The van der Waals surface area contributed by atoms with Crippen LogP contribution in [0.2, 0.25) is 0 Å². The highest BCUT2D eigenvalue weighted by Gasteiger charge is 2.29. The van der Waals surface area contributed by atoms with Gasteiger partial charge in [0.1, 0.15) is 11.6 Å². The second-order valence-electron chi connectivity index (χ2n) is 8.89. The van der Waals surface area contributed by atoms with Crippen LogP contribution in [-0.4, -0.2) is 38.0 Å². The molecule has 1 aliphatic rings. The fourth-order valence-electron chi connectivity index (χ4n) is 4.32. The third-order valence-corrected chi connectivity index (χ3v) is 6.09. The topological polar surface area (TPSA) is 117 Å². The highest BCUT2D eigenvalue weighted by Crippen LogP contribution is 2.33. The van der Waals surface area contributed by atoms with Gasteiger partial charge in [-0.2, -0.15) is 10.2 Å². The summed E-state index contributed by atoms with van der Waals surface area (Å²) in [6.07, 6.45) is 2.34. The van der Waals surface area contributed by atoms with Crippen molar-refractivity contribution in [2.45, 2.75) is 39.7 Å². The predicted octanol–water partition coefficient (Wildman–Crippen LogP) is 4.52. The smallest absolute Gasteiger partial charge is 0.273 e. The molecular weight excluding hydrogens is 454 g/mol. The van der Waals surface area contributed by atoms with Gasteiger partial charge in [0.25, 0.3) is 5.91 Å². The van der Waals surface area contributed by atoms with Crippen LogP contribution in [0.15, 0.2) is 59.6 Å². The minimum atomic E-state index is -0.463. The summed E-state index contributed by atoms with van der Waals surface area (Å²) < 4.78 is 1.69. The van der Waals surface area contributed by atoms with E-state index in [1.54, 1.807) is 17.0 Å². The normalized spacial score (nSPS) is 14.8. The molecule has 0 bridgehead atoms. The molecule has 36 heavy (non-hydrogen) atoms. The number of aryl methyl sites for hydroxylation is 3. The van der Waals surface area contributed by atoms with E-state index in [9.17, 15) is 9.59 Å². The van der Waals surface area contributed by atoms with Crippen LogP contribution in [-0.2, 0) is 17.8 Å². The van der Waals surface area contributed by atoms with Crippen molar-refractivity contribution in [2.24, 2.45) is 4.99 Å². The molecule has 0 spiro atoms. The molecule has 0 aliphatic carbocycles. The van der Waals surface area contributed by atoms with Gasteiger partial charge in [-0.15, -0.1) is 0 Å². The third-order valence-electron chi connectivity index (χ3n) is 6.09. The van der Waals surface area contributed by atoms with E-state index >= 15 is 0 Å². The number of fused-ring (bicyclic) bond motifs is 1. The zero-order valence-corrected chi connectivity index (χ0v) is 20.4. The number of amides is 2. The molecule has 3 N–H and O–H groups in total. The second kappa shape index (κ2) is 9.61. The Labute approximate surface area is 208 Å². The van der Waals surface area contributed by atoms with E-state index in [-0.39, 0.29) is 11.8 Å². The highest BCUT2D eigenvalue weighted by molar-refractivity contribution is 6.12. The first-order valence-electron chi connectivity index (χ1n) is 11.8. The summed E-state index contributed by atoms with van der Waals surface area (Å²) in [5.41, 5.74) is 6.87. The van der Waals surface area contributed by atoms with Gasteiger partial charge in [0.15, 0.2) is 5.82 Å². The number of carbonyl (C=O) groups is 2. The summed E-state index contributed by atoms with van der Waals surface area (Å²) in [5.74, 6) is -0.197. The first-order valence-corrected chi connectivity index (χ1v) is 11.8. The quantitative estimate of drug-likeness (QED) is 0.336. The molecule has 0 saturated heterocycles. The molecule has 1 unspecified atom stereocenters. The summed E-state index contributed by atoms with van der Waals surface area (Å²) >= 11 is 0. The molecule has 2 amide bonds. The van der Waals surface area contributed by atoms with E-state index in [0.717, 1.165) is 39.5 Å². The third kappa shape index (κ3) is 4.81. The Bertz CT molecular complexity index is 1460. The Morgan fingerprint density at radius 3 is 2.61 bits per heavy atom. The molecule has 1 aliphatic heterocycles. The maximum atomic E-state index is 12.7. The number of aromatic nitrogens is 4. The SMILES string of the molecule is CCn1nc(C)cc1C(=O)Nc1ccc(Cc2ccc3c(c2)C(C=Nc2cc(C)[nH]n2)C(=O)N3)cc1. The number of H-pyrrole nitrogens is 1. The molecule has 0 saturated carbocycles. The van der Waals surface area contributed by atoms with Gasteiger partial charge in [0.2, 0.25) is 5.91 Å². The maximum Gasteiger partial charge on any atom is 0.273 e. The summed E-state index contributed by atoms with van der Waals surface area (Å²) in [5, 5.41) is 17.1. The zero-order chi connectivity index (χ0) is 25.2. The van der Waals surface area contributed by atoms with Gasteiger partial charge < -0.3 is 10.6 Å². The van der Waals surface area contributed by atoms with E-state index in [4.69, 9.17) is 0 Å². The van der Waals surface area contributed by atoms with E-state index in [1.807, 2.05) is 69.3 Å². The lowest BCUT2D eigenvalue weighted by Gasteiger charge is -2.09. The van der Waals surface area contributed by atoms with Crippen LogP contribution in [0, 0.1) is 13.8 Å². The molecule has 5 rings (SSSR count). The van der Waals surface area contributed by atoms with E-state index in [2.05, 4.69) is 30.9 Å². The molecule has 3 heterocycles. The fourth-order valence-corrected chi connectivity index (χ4v) is 4.32. The number of hydrogen-bond acceptors (Lipinski definition) is 5. The monoisotopic (exact) mass is 481 g/mol. The van der Waals surface area contributed by atoms with Gasteiger partial charge in [-0.05, 0) is 68.1 Å². The predicted molar refractivity (Wildman–Crippen MR) is 139 cm³/mol. The van der Waals surface area contributed by atoms with Crippen LogP contribution >= 0.6 is 0 Å². The number of anilines is 2. The molecular formula is C27H27N7O2. The number of benzene rings is 2. The fraction of sp³-hybridized carbons (Fsp3) is 0.222. The summed E-state index contributed by atoms with van der Waals surface area (Å²) in [7, 11) is 0. The maximum absolute atomic E-state index is 12.7. The van der Waals surface area contributed by atoms with Crippen molar-refractivity contribution in [1.29, 1.82) is 0 Å². The Kier molecular flexibility index (Phi) is 6.20. The van der Waals surface area contributed by atoms with Crippen molar-refractivity contribution >= 4 is 35.2 Å². The largest absolute Gasteiger partial charge is 0.325 e. The van der Waals surface area contributed by atoms with E-state index in [1.165, 1.54) is 0 Å². The first kappa shape index (κ1) is 23.2. The number of aromatic amines is 1. The lowest BCUT2D eigenvalue weighted by molar-refractivity contribution is -0.115. The number of nitrogens with zero attached hydrogens (tertiary/aromatic N) is 4. The van der Waals surface area contributed by atoms with Crippen LogP contribution in [0.5, 0.6) is 0 Å². The Morgan fingerprint density at radius 1 is 1.11 bits per heavy atom. The molecule has 2 aromatic heterocycles. The average molecular weight is 482 g/mol. The first-order chi connectivity index (χ1) is 17.4. The van der Waals surface area contributed by atoms with Crippen LogP contribution in [0.1, 0.15) is 51.4 Å². The number of rotatable bonds is 7. The Morgan fingerprint density at radius 2 is 1.89 bits per heavy atom. The number of nitrogens with one attached hydrogen (secondary N) is 3. The number of aliphatic imine (C=N–C) groups is 1. The van der Waals surface area contributed by atoms with Crippen molar-refractivity contribution in [2.75, 3.05) is 10.6 Å². The average Bonchev–Trinajstić information content (AvgIpc) is 3.54. The van der Waals surface area contributed by atoms with Gasteiger partial charge >= 0.3 is 0 Å².